The van der Waals surface area contributed by atoms with Crippen LogP contribution >= 0.6 is 11.3 Å². The Hall–Kier alpha value is -1.88. The second-order valence-electron chi connectivity index (χ2n) is 3.92. The zero-order valence-electron chi connectivity index (χ0n) is 10.1. The number of thiazole rings is 1. The van der Waals surface area contributed by atoms with E-state index in [1.807, 2.05) is 30.3 Å². The van der Waals surface area contributed by atoms with Crippen molar-refractivity contribution in [3.63, 3.8) is 0 Å². The Balaban J connectivity index is 2.18. The smallest absolute Gasteiger partial charge is 0.216 e. The maximum Gasteiger partial charge on any atom is 0.216 e. The highest BCUT2D eigenvalue weighted by Crippen LogP contribution is 2.29. The molecule has 1 aromatic carbocycles. The minimum atomic E-state index is -0.0197. The van der Waals surface area contributed by atoms with Crippen molar-refractivity contribution in [2.45, 2.75) is 13.3 Å². The Labute approximate surface area is 110 Å². The van der Waals surface area contributed by atoms with Crippen LogP contribution in [-0.2, 0) is 11.2 Å². The molecule has 3 N–H and O–H groups in total. The average Bonchev–Trinajstić information content (AvgIpc) is 2.71. The van der Waals surface area contributed by atoms with Gasteiger partial charge in [0.25, 0.3) is 0 Å². The minimum Gasteiger partial charge on any atom is -0.375 e. The van der Waals surface area contributed by atoms with E-state index in [0.29, 0.717) is 11.7 Å². The van der Waals surface area contributed by atoms with E-state index in [0.717, 1.165) is 22.6 Å². The SMILES string of the molecule is CC(=O)NCCc1sc(N)nc1-c1ccccc1. The number of carbonyl (C=O) groups is 1. The summed E-state index contributed by atoms with van der Waals surface area (Å²) < 4.78 is 0. The van der Waals surface area contributed by atoms with Gasteiger partial charge in [-0.2, -0.15) is 0 Å². The third kappa shape index (κ3) is 3.07. The van der Waals surface area contributed by atoms with Gasteiger partial charge in [0.05, 0.1) is 5.69 Å². The van der Waals surface area contributed by atoms with Crippen LogP contribution in [0.25, 0.3) is 11.3 Å². The summed E-state index contributed by atoms with van der Waals surface area (Å²) in [4.78, 5) is 16.3. The van der Waals surface area contributed by atoms with Crippen LogP contribution in [0, 0.1) is 0 Å². The van der Waals surface area contributed by atoms with E-state index >= 15 is 0 Å². The van der Waals surface area contributed by atoms with Crippen LogP contribution in [-0.4, -0.2) is 17.4 Å². The monoisotopic (exact) mass is 261 g/mol. The number of nitrogens with two attached hydrogens (primary N) is 1. The molecular weight excluding hydrogens is 246 g/mol. The summed E-state index contributed by atoms with van der Waals surface area (Å²) in [6, 6.07) is 9.94. The van der Waals surface area contributed by atoms with Crippen molar-refractivity contribution in [3.8, 4) is 11.3 Å². The van der Waals surface area contributed by atoms with Gasteiger partial charge >= 0.3 is 0 Å². The Kier molecular flexibility index (Phi) is 3.94. The highest BCUT2D eigenvalue weighted by molar-refractivity contribution is 7.15. The van der Waals surface area contributed by atoms with Crippen molar-refractivity contribution in [2.75, 3.05) is 12.3 Å². The molecule has 0 saturated carbocycles. The standard InChI is InChI=1S/C13H15N3OS/c1-9(17)15-8-7-11-12(16-13(14)18-11)10-5-3-2-4-6-10/h2-6H,7-8H2,1H3,(H2,14,16)(H,15,17). The summed E-state index contributed by atoms with van der Waals surface area (Å²) in [5, 5.41) is 3.34. The topological polar surface area (TPSA) is 68.0 Å². The molecule has 4 nitrogen and oxygen atoms in total. The van der Waals surface area contributed by atoms with E-state index < -0.39 is 0 Å². The Morgan fingerprint density at radius 2 is 2.11 bits per heavy atom. The molecule has 0 aliphatic rings. The van der Waals surface area contributed by atoms with E-state index in [1.54, 1.807) is 0 Å². The largest absolute Gasteiger partial charge is 0.375 e. The summed E-state index contributed by atoms with van der Waals surface area (Å²) in [5.74, 6) is -0.0197. The summed E-state index contributed by atoms with van der Waals surface area (Å²) >= 11 is 1.48. The Morgan fingerprint density at radius 3 is 2.78 bits per heavy atom. The predicted molar refractivity (Wildman–Crippen MR) is 74.4 cm³/mol. The molecule has 0 aliphatic carbocycles. The first-order valence-corrected chi connectivity index (χ1v) is 6.53. The van der Waals surface area contributed by atoms with Gasteiger partial charge in [-0.3, -0.25) is 4.79 Å². The molecule has 18 heavy (non-hydrogen) atoms. The predicted octanol–water partition coefficient (Wildman–Crippen LogP) is 2.07. The first-order chi connectivity index (χ1) is 8.66. The third-order valence-electron chi connectivity index (χ3n) is 2.49. The quantitative estimate of drug-likeness (QED) is 0.885. The third-order valence-corrected chi connectivity index (χ3v) is 3.43. The number of carbonyl (C=O) groups excluding carboxylic acids is 1. The maximum atomic E-state index is 10.8. The fraction of sp³-hybridized carbons (Fsp3) is 0.231. The normalized spacial score (nSPS) is 10.3. The molecule has 0 fully saturated rings. The second-order valence-corrected chi connectivity index (χ2v) is 5.04. The van der Waals surface area contributed by atoms with Gasteiger partial charge < -0.3 is 11.1 Å². The molecule has 1 amide bonds. The summed E-state index contributed by atoms with van der Waals surface area (Å²) in [6.07, 6.45) is 0.749. The number of anilines is 1. The number of nitrogens with zero attached hydrogens (tertiary/aromatic N) is 1. The molecule has 0 radical (unpaired) electrons. The van der Waals surface area contributed by atoms with Gasteiger partial charge in [-0.25, -0.2) is 4.98 Å². The van der Waals surface area contributed by atoms with Crippen LogP contribution < -0.4 is 11.1 Å². The van der Waals surface area contributed by atoms with Gasteiger partial charge in [0, 0.05) is 30.3 Å². The van der Waals surface area contributed by atoms with Crippen LogP contribution in [0.4, 0.5) is 5.13 Å². The van der Waals surface area contributed by atoms with Crippen LogP contribution in [0.1, 0.15) is 11.8 Å². The molecule has 1 heterocycles. The molecule has 0 saturated heterocycles. The first-order valence-electron chi connectivity index (χ1n) is 5.72. The van der Waals surface area contributed by atoms with Crippen LogP contribution in [0.2, 0.25) is 0 Å². The number of aromatic nitrogens is 1. The van der Waals surface area contributed by atoms with Crippen molar-refractivity contribution in [2.24, 2.45) is 0 Å². The van der Waals surface area contributed by atoms with E-state index in [1.165, 1.54) is 18.3 Å². The Morgan fingerprint density at radius 1 is 1.39 bits per heavy atom. The zero-order valence-corrected chi connectivity index (χ0v) is 11.0. The zero-order chi connectivity index (χ0) is 13.0. The van der Waals surface area contributed by atoms with Gasteiger partial charge in [-0.15, -0.1) is 11.3 Å². The number of amides is 1. The molecule has 0 atom stereocenters. The number of nitrogen functional groups attached to an aromatic ring is 1. The minimum absolute atomic E-state index is 0.0197. The molecule has 0 unspecified atom stereocenters. The molecule has 94 valence electrons. The number of rotatable bonds is 4. The van der Waals surface area contributed by atoms with Crippen LogP contribution in [0.5, 0.6) is 0 Å². The van der Waals surface area contributed by atoms with Gasteiger partial charge in [0.15, 0.2) is 5.13 Å². The van der Waals surface area contributed by atoms with Crippen LogP contribution in [0.15, 0.2) is 30.3 Å². The highest BCUT2D eigenvalue weighted by atomic mass is 32.1. The number of benzene rings is 1. The molecular formula is C13H15N3OS. The lowest BCUT2D eigenvalue weighted by Crippen LogP contribution is -2.22. The van der Waals surface area contributed by atoms with E-state index in [-0.39, 0.29) is 5.91 Å². The van der Waals surface area contributed by atoms with Gasteiger partial charge in [0.2, 0.25) is 5.91 Å². The highest BCUT2D eigenvalue weighted by Gasteiger charge is 2.11. The van der Waals surface area contributed by atoms with E-state index in [9.17, 15) is 4.79 Å². The van der Waals surface area contributed by atoms with Gasteiger partial charge in [-0.1, -0.05) is 30.3 Å². The van der Waals surface area contributed by atoms with Crippen molar-refractivity contribution < 1.29 is 4.79 Å². The number of hydrogen-bond donors (Lipinski definition) is 2. The van der Waals surface area contributed by atoms with Crippen molar-refractivity contribution in [1.29, 1.82) is 0 Å². The molecule has 2 rings (SSSR count). The maximum absolute atomic E-state index is 10.8. The van der Waals surface area contributed by atoms with E-state index in [2.05, 4.69) is 10.3 Å². The average molecular weight is 261 g/mol. The van der Waals surface area contributed by atoms with Crippen molar-refractivity contribution in [3.05, 3.63) is 35.2 Å². The van der Waals surface area contributed by atoms with Crippen molar-refractivity contribution >= 4 is 22.4 Å². The lowest BCUT2D eigenvalue weighted by molar-refractivity contribution is -0.118. The lowest BCUT2D eigenvalue weighted by Gasteiger charge is -2.03. The lowest BCUT2D eigenvalue weighted by atomic mass is 10.1. The second kappa shape index (κ2) is 5.64. The molecule has 5 heteroatoms. The number of nitrogens with one attached hydrogen (secondary N) is 1. The Bertz CT molecular complexity index is 536. The fourth-order valence-corrected chi connectivity index (χ4v) is 2.57. The molecule has 1 aromatic heterocycles. The van der Waals surface area contributed by atoms with Crippen molar-refractivity contribution in [1.82, 2.24) is 10.3 Å². The summed E-state index contributed by atoms with van der Waals surface area (Å²) in [7, 11) is 0. The number of hydrogen-bond acceptors (Lipinski definition) is 4. The van der Waals surface area contributed by atoms with Gasteiger partial charge in [0.1, 0.15) is 0 Å². The van der Waals surface area contributed by atoms with Crippen LogP contribution in [0.3, 0.4) is 0 Å². The molecule has 2 aromatic rings. The molecule has 0 bridgehead atoms. The fourth-order valence-electron chi connectivity index (χ4n) is 1.71. The van der Waals surface area contributed by atoms with E-state index in [4.69, 9.17) is 5.73 Å². The molecule has 0 aliphatic heterocycles. The summed E-state index contributed by atoms with van der Waals surface area (Å²) in [5.41, 5.74) is 7.75. The first kappa shape index (κ1) is 12.6. The van der Waals surface area contributed by atoms with Gasteiger partial charge in [-0.05, 0) is 0 Å². The molecule has 0 spiro atoms. The summed E-state index contributed by atoms with van der Waals surface area (Å²) in [6.45, 7) is 2.12.